The molecule has 3 nitrogen and oxygen atoms in total. The molecule has 0 spiro atoms. The zero-order valence-corrected chi connectivity index (χ0v) is 12.3. The second-order valence-corrected chi connectivity index (χ2v) is 5.23. The zero-order valence-electron chi connectivity index (χ0n) is 12.3. The Balaban J connectivity index is 2.40. The van der Waals surface area contributed by atoms with Crippen LogP contribution in [0, 0.1) is 26.6 Å². The Morgan fingerprint density at radius 3 is 2.10 bits per heavy atom. The molecule has 21 heavy (non-hydrogen) atoms. The maximum absolute atomic E-state index is 12.9. The fourth-order valence-corrected chi connectivity index (χ4v) is 2.62. The van der Waals surface area contributed by atoms with Crippen molar-refractivity contribution in [1.82, 2.24) is 0 Å². The third kappa shape index (κ3) is 3.40. The quantitative estimate of drug-likeness (QED) is 0.894. The predicted molar refractivity (Wildman–Crippen MR) is 81.1 cm³/mol. The van der Waals surface area contributed by atoms with Crippen molar-refractivity contribution in [3.05, 3.63) is 64.5 Å². The van der Waals surface area contributed by atoms with Crippen LogP contribution in [0.2, 0.25) is 0 Å². The van der Waals surface area contributed by atoms with Gasteiger partial charge in [-0.1, -0.05) is 17.7 Å². The molecule has 1 unspecified atom stereocenters. The molecule has 0 aliphatic carbocycles. The Morgan fingerprint density at radius 2 is 1.62 bits per heavy atom. The van der Waals surface area contributed by atoms with E-state index in [1.807, 2.05) is 32.9 Å². The first-order valence-electron chi connectivity index (χ1n) is 6.71. The van der Waals surface area contributed by atoms with Crippen LogP contribution in [-0.4, -0.2) is 11.1 Å². The standard InChI is InChI=1S/C17H18FNO2/c1-10-8-11(2)15(12(3)9-10)16(17(20)21)19-14-6-4-13(18)5-7-14/h4-9,16,19H,1-3H3,(H,20,21). The highest BCUT2D eigenvalue weighted by atomic mass is 19.1. The van der Waals surface area contributed by atoms with E-state index in [9.17, 15) is 14.3 Å². The molecule has 0 amide bonds. The maximum atomic E-state index is 12.9. The van der Waals surface area contributed by atoms with Crippen LogP contribution in [0.1, 0.15) is 28.3 Å². The molecule has 2 N–H and O–H groups in total. The smallest absolute Gasteiger partial charge is 0.330 e. The molecular formula is C17H18FNO2. The van der Waals surface area contributed by atoms with Crippen LogP contribution in [0.25, 0.3) is 0 Å². The molecule has 0 bridgehead atoms. The maximum Gasteiger partial charge on any atom is 0.330 e. The number of carbonyl (C=O) groups is 1. The molecule has 0 aliphatic heterocycles. The van der Waals surface area contributed by atoms with E-state index in [-0.39, 0.29) is 5.82 Å². The molecule has 1 atom stereocenters. The van der Waals surface area contributed by atoms with Crippen molar-refractivity contribution >= 4 is 11.7 Å². The fraction of sp³-hybridized carbons (Fsp3) is 0.235. The molecule has 0 heterocycles. The van der Waals surface area contributed by atoms with E-state index >= 15 is 0 Å². The Labute approximate surface area is 123 Å². The third-order valence-corrected chi connectivity index (χ3v) is 3.43. The summed E-state index contributed by atoms with van der Waals surface area (Å²) in [5.41, 5.74) is 4.27. The van der Waals surface area contributed by atoms with Gasteiger partial charge in [0.2, 0.25) is 0 Å². The van der Waals surface area contributed by atoms with Gasteiger partial charge in [0.1, 0.15) is 5.82 Å². The van der Waals surface area contributed by atoms with Crippen molar-refractivity contribution in [2.24, 2.45) is 0 Å². The fourth-order valence-electron chi connectivity index (χ4n) is 2.62. The summed E-state index contributed by atoms with van der Waals surface area (Å²) in [6, 6.07) is 8.73. The van der Waals surface area contributed by atoms with E-state index < -0.39 is 12.0 Å². The van der Waals surface area contributed by atoms with Crippen molar-refractivity contribution in [1.29, 1.82) is 0 Å². The number of carboxylic acids is 1. The molecule has 0 fully saturated rings. The van der Waals surface area contributed by atoms with Gasteiger partial charge in [0.25, 0.3) is 0 Å². The van der Waals surface area contributed by atoms with Crippen LogP contribution < -0.4 is 5.32 Å². The summed E-state index contributed by atoms with van der Waals surface area (Å²) in [5, 5.41) is 12.5. The minimum atomic E-state index is -0.964. The van der Waals surface area contributed by atoms with Gasteiger partial charge in [0, 0.05) is 5.69 Å². The average Bonchev–Trinajstić information content (AvgIpc) is 2.38. The van der Waals surface area contributed by atoms with Crippen molar-refractivity contribution in [3.63, 3.8) is 0 Å². The molecule has 2 rings (SSSR count). The summed E-state index contributed by atoms with van der Waals surface area (Å²) in [4.78, 5) is 11.6. The number of aliphatic carboxylic acids is 1. The van der Waals surface area contributed by atoms with Crippen molar-refractivity contribution in [3.8, 4) is 0 Å². The summed E-state index contributed by atoms with van der Waals surface area (Å²) < 4.78 is 12.9. The Hall–Kier alpha value is -2.36. The van der Waals surface area contributed by atoms with Crippen LogP contribution in [0.4, 0.5) is 10.1 Å². The number of carboxylic acid groups (broad SMARTS) is 1. The first kappa shape index (κ1) is 15.0. The Morgan fingerprint density at radius 1 is 1.10 bits per heavy atom. The van der Waals surface area contributed by atoms with Gasteiger partial charge in [-0.25, -0.2) is 9.18 Å². The van der Waals surface area contributed by atoms with Gasteiger partial charge in [0.05, 0.1) is 0 Å². The highest BCUT2D eigenvalue weighted by Gasteiger charge is 2.23. The van der Waals surface area contributed by atoms with E-state index in [1.165, 1.54) is 24.3 Å². The number of halogens is 1. The lowest BCUT2D eigenvalue weighted by molar-refractivity contribution is -0.138. The van der Waals surface area contributed by atoms with Gasteiger partial charge in [-0.3, -0.25) is 0 Å². The summed E-state index contributed by atoms with van der Waals surface area (Å²) in [5.74, 6) is -1.32. The number of hydrogen-bond acceptors (Lipinski definition) is 2. The topological polar surface area (TPSA) is 49.3 Å². The number of benzene rings is 2. The summed E-state index contributed by atoms with van der Waals surface area (Å²) in [6.45, 7) is 5.78. The predicted octanol–water partition coefficient (Wildman–Crippen LogP) is 3.99. The lowest BCUT2D eigenvalue weighted by atomic mass is 9.94. The largest absolute Gasteiger partial charge is 0.479 e. The lowest BCUT2D eigenvalue weighted by Crippen LogP contribution is -2.22. The summed E-state index contributed by atoms with van der Waals surface area (Å²) >= 11 is 0. The third-order valence-electron chi connectivity index (χ3n) is 3.43. The van der Waals surface area contributed by atoms with Crippen molar-refractivity contribution in [2.75, 3.05) is 5.32 Å². The number of aryl methyl sites for hydroxylation is 3. The van der Waals surface area contributed by atoms with Gasteiger partial charge >= 0.3 is 5.97 Å². The number of hydrogen-bond donors (Lipinski definition) is 2. The van der Waals surface area contributed by atoms with Crippen LogP contribution in [0.15, 0.2) is 36.4 Å². The molecule has 0 radical (unpaired) electrons. The molecule has 0 aromatic heterocycles. The summed E-state index contributed by atoms with van der Waals surface area (Å²) in [7, 11) is 0. The Kier molecular flexibility index (Phi) is 4.26. The van der Waals surface area contributed by atoms with Gasteiger partial charge in [-0.15, -0.1) is 0 Å². The van der Waals surface area contributed by atoms with Gasteiger partial charge in [-0.2, -0.15) is 0 Å². The Bertz CT molecular complexity index is 642. The van der Waals surface area contributed by atoms with E-state index in [1.54, 1.807) is 0 Å². The molecule has 2 aromatic carbocycles. The van der Waals surface area contributed by atoms with E-state index in [4.69, 9.17) is 0 Å². The van der Waals surface area contributed by atoms with Crippen LogP contribution in [-0.2, 0) is 4.79 Å². The monoisotopic (exact) mass is 287 g/mol. The minimum absolute atomic E-state index is 0.352. The van der Waals surface area contributed by atoms with E-state index in [2.05, 4.69) is 5.32 Å². The van der Waals surface area contributed by atoms with Crippen molar-refractivity contribution < 1.29 is 14.3 Å². The van der Waals surface area contributed by atoms with Crippen LogP contribution in [0.3, 0.4) is 0 Å². The lowest BCUT2D eigenvalue weighted by Gasteiger charge is -2.21. The zero-order chi connectivity index (χ0) is 15.6. The van der Waals surface area contributed by atoms with Gasteiger partial charge in [-0.05, 0) is 61.7 Å². The molecule has 4 heteroatoms. The SMILES string of the molecule is Cc1cc(C)c(C(Nc2ccc(F)cc2)C(=O)O)c(C)c1. The van der Waals surface area contributed by atoms with Crippen LogP contribution in [0.5, 0.6) is 0 Å². The first-order valence-corrected chi connectivity index (χ1v) is 6.71. The highest BCUT2D eigenvalue weighted by molar-refractivity contribution is 5.80. The van der Waals surface area contributed by atoms with Gasteiger partial charge < -0.3 is 10.4 Å². The number of rotatable bonds is 4. The van der Waals surface area contributed by atoms with Gasteiger partial charge in [0.15, 0.2) is 6.04 Å². The molecule has 110 valence electrons. The molecule has 0 aliphatic rings. The second-order valence-electron chi connectivity index (χ2n) is 5.23. The van der Waals surface area contributed by atoms with E-state index in [0.717, 1.165) is 22.3 Å². The normalized spacial score (nSPS) is 12.0. The molecule has 2 aromatic rings. The van der Waals surface area contributed by atoms with Crippen LogP contribution >= 0.6 is 0 Å². The van der Waals surface area contributed by atoms with Crippen molar-refractivity contribution in [2.45, 2.75) is 26.8 Å². The second kappa shape index (κ2) is 5.95. The first-order chi connectivity index (χ1) is 9.88. The average molecular weight is 287 g/mol. The van der Waals surface area contributed by atoms with E-state index in [0.29, 0.717) is 5.69 Å². The molecule has 0 saturated carbocycles. The minimum Gasteiger partial charge on any atom is -0.479 e. The molecule has 0 saturated heterocycles. The summed E-state index contributed by atoms with van der Waals surface area (Å²) in [6.07, 6.45) is 0. The molecular weight excluding hydrogens is 269 g/mol. The highest BCUT2D eigenvalue weighted by Crippen LogP contribution is 2.27. The number of nitrogens with one attached hydrogen (secondary N) is 1. The number of anilines is 1.